The van der Waals surface area contributed by atoms with Gasteiger partial charge in [0.05, 0.1) is 23.3 Å². The third-order valence-corrected chi connectivity index (χ3v) is 5.39. The lowest BCUT2D eigenvalue weighted by Gasteiger charge is -2.44. The molecule has 2 amide bonds. The second kappa shape index (κ2) is 7.79. The Kier molecular flexibility index (Phi) is 5.25. The molecule has 4 rings (SSSR count). The summed E-state index contributed by atoms with van der Waals surface area (Å²) in [6.45, 7) is 0.942. The molecule has 0 aliphatic carbocycles. The van der Waals surface area contributed by atoms with Crippen LogP contribution in [0.3, 0.4) is 0 Å². The summed E-state index contributed by atoms with van der Waals surface area (Å²) in [5.74, 6) is -3.00. The first kappa shape index (κ1) is 21.6. The number of carbonyl (C=O) groups excluding carboxylic acids is 2. The van der Waals surface area contributed by atoms with E-state index in [4.69, 9.17) is 0 Å². The highest BCUT2D eigenvalue weighted by Gasteiger charge is 2.66. The molecule has 7 nitrogen and oxygen atoms in total. The van der Waals surface area contributed by atoms with Crippen LogP contribution in [0.15, 0.2) is 66.9 Å². The van der Waals surface area contributed by atoms with Gasteiger partial charge in [0.2, 0.25) is 5.72 Å². The van der Waals surface area contributed by atoms with E-state index in [1.54, 1.807) is 60.7 Å². The number of benzene rings is 2. The number of para-hydroxylation sites is 1. The van der Waals surface area contributed by atoms with Gasteiger partial charge in [-0.25, -0.2) is 9.48 Å². The van der Waals surface area contributed by atoms with Crippen molar-refractivity contribution >= 4 is 11.8 Å². The van der Waals surface area contributed by atoms with Crippen LogP contribution in [0.5, 0.6) is 0 Å². The van der Waals surface area contributed by atoms with E-state index in [9.17, 15) is 27.9 Å². The molecular weight excluding hydrogens is 425 g/mol. The molecule has 3 aromatic rings. The molecule has 3 atom stereocenters. The molecule has 0 spiro atoms. The molecule has 1 aromatic heterocycles. The smallest absolute Gasteiger partial charge is 0.363 e. The summed E-state index contributed by atoms with van der Waals surface area (Å²) in [5, 5.41) is 18.9. The normalized spacial score (nSPS) is 23.3. The molecular formula is C22H19F3N4O3. The number of rotatable bonds is 4. The highest BCUT2D eigenvalue weighted by molar-refractivity contribution is 5.86. The van der Waals surface area contributed by atoms with Gasteiger partial charge in [0, 0.05) is 17.3 Å². The van der Waals surface area contributed by atoms with Gasteiger partial charge in [-0.05, 0) is 19.1 Å². The van der Waals surface area contributed by atoms with Crippen molar-refractivity contribution in [3.8, 4) is 16.9 Å². The topological polar surface area (TPSA) is 96.2 Å². The third-order valence-electron chi connectivity index (χ3n) is 5.39. The van der Waals surface area contributed by atoms with Crippen LogP contribution in [0.1, 0.15) is 18.5 Å². The Balaban J connectivity index is 1.93. The molecule has 1 saturated heterocycles. The minimum absolute atomic E-state index is 0.165. The minimum atomic E-state index is -5.29. The number of alkyl halides is 3. The first-order chi connectivity index (χ1) is 15.1. The molecule has 1 aliphatic heterocycles. The predicted molar refractivity (Wildman–Crippen MR) is 109 cm³/mol. The molecule has 2 aromatic carbocycles. The van der Waals surface area contributed by atoms with Gasteiger partial charge < -0.3 is 15.7 Å². The fourth-order valence-electron chi connectivity index (χ4n) is 3.93. The Hall–Kier alpha value is -3.66. The van der Waals surface area contributed by atoms with Crippen molar-refractivity contribution < 1.29 is 27.9 Å². The Morgan fingerprint density at radius 2 is 1.69 bits per heavy atom. The van der Waals surface area contributed by atoms with Crippen molar-refractivity contribution in [2.24, 2.45) is 5.92 Å². The lowest BCUT2D eigenvalue weighted by molar-refractivity contribution is -0.290. The first-order valence-electron chi connectivity index (χ1n) is 9.70. The van der Waals surface area contributed by atoms with Crippen molar-refractivity contribution in [3.05, 3.63) is 72.4 Å². The number of Topliss-reactive ketones (excluding diaryl/α,β-unsaturated/α-hetero) is 1. The maximum Gasteiger partial charge on any atom is 0.437 e. The predicted octanol–water partition coefficient (Wildman–Crippen LogP) is 3.35. The van der Waals surface area contributed by atoms with Gasteiger partial charge in [-0.15, -0.1) is 0 Å². The van der Waals surface area contributed by atoms with E-state index >= 15 is 0 Å². The maximum absolute atomic E-state index is 13.8. The Bertz CT molecular complexity index is 1150. The number of urea groups is 1. The van der Waals surface area contributed by atoms with Crippen LogP contribution in [0.4, 0.5) is 18.0 Å². The third kappa shape index (κ3) is 3.62. The number of nitrogens with zero attached hydrogens (tertiary/aromatic N) is 2. The average Bonchev–Trinajstić information content (AvgIpc) is 3.19. The Morgan fingerprint density at radius 1 is 1.09 bits per heavy atom. The van der Waals surface area contributed by atoms with Crippen LogP contribution in [0.25, 0.3) is 16.9 Å². The maximum atomic E-state index is 13.8. The molecule has 3 N–H and O–H groups in total. The van der Waals surface area contributed by atoms with E-state index in [1.165, 1.54) is 16.2 Å². The molecule has 2 heterocycles. The number of amides is 2. The highest BCUT2D eigenvalue weighted by atomic mass is 19.4. The zero-order chi connectivity index (χ0) is 23.1. The highest BCUT2D eigenvalue weighted by Crippen LogP contribution is 2.44. The van der Waals surface area contributed by atoms with Crippen molar-refractivity contribution in [3.63, 3.8) is 0 Å². The minimum Gasteiger partial charge on any atom is -0.363 e. The van der Waals surface area contributed by atoms with Gasteiger partial charge in [-0.1, -0.05) is 48.5 Å². The number of ketones is 1. The number of hydrogen-bond acceptors (Lipinski definition) is 4. The molecule has 1 aliphatic rings. The van der Waals surface area contributed by atoms with Gasteiger partial charge in [0.15, 0.2) is 0 Å². The number of aromatic nitrogens is 2. The van der Waals surface area contributed by atoms with Gasteiger partial charge in [-0.3, -0.25) is 4.79 Å². The van der Waals surface area contributed by atoms with E-state index in [1.807, 2.05) is 0 Å². The van der Waals surface area contributed by atoms with Gasteiger partial charge in [-0.2, -0.15) is 18.3 Å². The Morgan fingerprint density at radius 3 is 2.25 bits per heavy atom. The zero-order valence-corrected chi connectivity index (χ0v) is 16.8. The number of carbonyl (C=O) groups is 2. The summed E-state index contributed by atoms with van der Waals surface area (Å²) < 4.78 is 42.9. The molecule has 1 fully saturated rings. The van der Waals surface area contributed by atoms with Crippen LogP contribution in [0, 0.1) is 5.92 Å². The number of aliphatic hydroxyl groups is 1. The van der Waals surface area contributed by atoms with E-state index < -0.39 is 35.7 Å². The standard InChI is InChI=1S/C22H19F3N4O3/c1-13(30)17-19(26-20(31)27-21(17,32)22(23,24)25)16-12-29(15-10-6-3-7-11-15)28-18(16)14-8-4-2-5-9-14/h2-12,17,19,32H,1H3,(H2,26,27,31)/t17-,19+,21-/m1/s1. The van der Waals surface area contributed by atoms with Crippen LogP contribution >= 0.6 is 0 Å². The molecule has 0 bridgehead atoms. The SMILES string of the molecule is CC(=O)[C@@H]1[C@H](c2cn(-c3ccccc3)nc2-c2ccccc2)NC(=O)N[C@]1(O)C(F)(F)F. The van der Waals surface area contributed by atoms with Crippen molar-refractivity contribution in [2.75, 3.05) is 0 Å². The van der Waals surface area contributed by atoms with E-state index in [-0.39, 0.29) is 11.3 Å². The van der Waals surface area contributed by atoms with E-state index in [0.29, 0.717) is 11.3 Å². The number of halogens is 3. The van der Waals surface area contributed by atoms with Gasteiger partial charge >= 0.3 is 12.2 Å². The summed E-state index contributed by atoms with van der Waals surface area (Å²) in [7, 11) is 0. The lowest BCUT2D eigenvalue weighted by atomic mass is 9.79. The summed E-state index contributed by atoms with van der Waals surface area (Å²) >= 11 is 0. The summed E-state index contributed by atoms with van der Waals surface area (Å²) in [6, 6.07) is 14.8. The van der Waals surface area contributed by atoms with Gasteiger partial charge in [0.1, 0.15) is 5.78 Å². The number of hydrogen-bond donors (Lipinski definition) is 3. The fourth-order valence-corrected chi connectivity index (χ4v) is 3.93. The second-order valence-electron chi connectivity index (χ2n) is 7.51. The first-order valence-corrected chi connectivity index (χ1v) is 9.70. The average molecular weight is 444 g/mol. The van der Waals surface area contributed by atoms with Crippen molar-refractivity contribution in [1.82, 2.24) is 20.4 Å². The van der Waals surface area contributed by atoms with E-state index in [0.717, 1.165) is 6.92 Å². The number of nitrogens with one attached hydrogen (secondary N) is 2. The molecule has 32 heavy (non-hydrogen) atoms. The van der Waals surface area contributed by atoms with Crippen LogP contribution in [-0.4, -0.2) is 38.6 Å². The lowest BCUT2D eigenvalue weighted by Crippen LogP contribution is -2.72. The van der Waals surface area contributed by atoms with Crippen LogP contribution in [0.2, 0.25) is 0 Å². The van der Waals surface area contributed by atoms with Gasteiger partial charge in [0.25, 0.3) is 0 Å². The molecule has 0 radical (unpaired) electrons. The largest absolute Gasteiger partial charge is 0.437 e. The molecule has 166 valence electrons. The van der Waals surface area contributed by atoms with Crippen molar-refractivity contribution in [1.29, 1.82) is 0 Å². The fraction of sp³-hybridized carbons (Fsp3) is 0.227. The monoisotopic (exact) mass is 444 g/mol. The summed E-state index contributed by atoms with van der Waals surface area (Å²) in [5.41, 5.74) is -2.10. The summed E-state index contributed by atoms with van der Waals surface area (Å²) in [4.78, 5) is 24.6. The molecule has 0 saturated carbocycles. The molecule has 10 heteroatoms. The van der Waals surface area contributed by atoms with Crippen LogP contribution < -0.4 is 10.6 Å². The quantitative estimate of drug-likeness (QED) is 0.575. The summed E-state index contributed by atoms with van der Waals surface area (Å²) in [6.07, 6.45) is -3.83. The van der Waals surface area contributed by atoms with E-state index in [2.05, 4.69) is 10.4 Å². The van der Waals surface area contributed by atoms with Crippen LogP contribution in [-0.2, 0) is 4.79 Å². The second-order valence-corrected chi connectivity index (χ2v) is 7.51. The Labute approximate surface area is 180 Å². The zero-order valence-electron chi connectivity index (χ0n) is 16.8. The molecule has 0 unspecified atom stereocenters. The van der Waals surface area contributed by atoms with Crippen molar-refractivity contribution in [2.45, 2.75) is 24.9 Å².